The molecule has 1 aromatic rings. The molecule has 1 rings (SSSR count). The summed E-state index contributed by atoms with van der Waals surface area (Å²) in [6.45, 7) is 6.82. The van der Waals surface area contributed by atoms with Gasteiger partial charge in [0, 0.05) is 13.0 Å². The third-order valence-corrected chi connectivity index (χ3v) is 3.17. The average Bonchev–Trinajstić information content (AvgIpc) is 2.34. The van der Waals surface area contributed by atoms with Gasteiger partial charge in [-0.2, -0.15) is 0 Å². The van der Waals surface area contributed by atoms with Gasteiger partial charge in [0.05, 0.1) is 7.11 Å². The van der Waals surface area contributed by atoms with Crippen LogP contribution in [0.15, 0.2) is 18.2 Å². The molecule has 1 N–H and O–H groups in total. The predicted octanol–water partition coefficient (Wildman–Crippen LogP) is 2.39. The second-order valence-corrected chi connectivity index (χ2v) is 4.99. The number of rotatable bonds is 5. The smallest absolute Gasteiger partial charge is 0.331 e. The van der Waals surface area contributed by atoms with Crippen molar-refractivity contribution in [3.8, 4) is 5.75 Å². The number of hydrogen-bond donors (Lipinski definition) is 1. The number of amides is 1. The summed E-state index contributed by atoms with van der Waals surface area (Å²) in [5.74, 6) is -0.615. The fraction of sp³-hybridized carbons (Fsp3) is 0.467. The molecule has 1 aromatic carbocycles. The summed E-state index contributed by atoms with van der Waals surface area (Å²) in [7, 11) is 1.56. The lowest BCUT2D eigenvalue weighted by Crippen LogP contribution is -2.42. The molecule has 0 saturated heterocycles. The van der Waals surface area contributed by atoms with Crippen LogP contribution in [-0.4, -0.2) is 35.0 Å². The number of nitrogens with zero attached hydrogens (tertiary/aromatic N) is 1. The Labute approximate surface area is 119 Å². The van der Waals surface area contributed by atoms with Gasteiger partial charge < -0.3 is 14.7 Å². The molecule has 0 radical (unpaired) electrons. The van der Waals surface area contributed by atoms with E-state index in [2.05, 4.69) is 0 Å². The van der Waals surface area contributed by atoms with E-state index >= 15 is 0 Å². The Bertz CT molecular complexity index is 511. The van der Waals surface area contributed by atoms with Crippen molar-refractivity contribution in [2.45, 2.75) is 39.8 Å². The lowest BCUT2D eigenvalue weighted by atomic mass is 10.0. The van der Waals surface area contributed by atoms with Gasteiger partial charge in [-0.05, 0) is 44.0 Å². The van der Waals surface area contributed by atoms with Crippen molar-refractivity contribution in [1.82, 2.24) is 4.90 Å². The first kappa shape index (κ1) is 16.0. The fourth-order valence-corrected chi connectivity index (χ4v) is 2.34. The van der Waals surface area contributed by atoms with Crippen molar-refractivity contribution in [2.75, 3.05) is 7.11 Å². The summed E-state index contributed by atoms with van der Waals surface area (Å²) >= 11 is 0. The summed E-state index contributed by atoms with van der Waals surface area (Å²) in [6.07, 6.45) is 0. The van der Waals surface area contributed by atoms with E-state index in [1.807, 2.05) is 6.92 Å². The highest BCUT2D eigenvalue weighted by Crippen LogP contribution is 2.28. The summed E-state index contributed by atoms with van der Waals surface area (Å²) in [4.78, 5) is 24.7. The van der Waals surface area contributed by atoms with E-state index in [9.17, 15) is 14.7 Å². The van der Waals surface area contributed by atoms with Crippen LogP contribution in [0, 0.1) is 6.92 Å². The van der Waals surface area contributed by atoms with Crippen molar-refractivity contribution in [1.29, 1.82) is 0 Å². The third-order valence-electron chi connectivity index (χ3n) is 3.17. The monoisotopic (exact) mass is 279 g/mol. The number of ether oxygens (including phenoxy) is 1. The van der Waals surface area contributed by atoms with Gasteiger partial charge in [0.15, 0.2) is 6.04 Å². The van der Waals surface area contributed by atoms with Gasteiger partial charge >= 0.3 is 5.97 Å². The number of carboxylic acids is 1. The molecule has 1 atom stereocenters. The van der Waals surface area contributed by atoms with E-state index in [1.54, 1.807) is 39.2 Å². The molecule has 5 heteroatoms. The molecule has 0 bridgehead atoms. The highest BCUT2D eigenvalue weighted by Gasteiger charge is 2.31. The zero-order chi connectivity index (χ0) is 15.4. The number of carboxylic acid groups (broad SMARTS) is 1. The van der Waals surface area contributed by atoms with E-state index in [0.29, 0.717) is 11.3 Å². The Morgan fingerprint density at radius 1 is 1.30 bits per heavy atom. The summed E-state index contributed by atoms with van der Waals surface area (Å²) in [5.41, 5.74) is 1.41. The molecule has 0 fully saturated rings. The molecule has 20 heavy (non-hydrogen) atoms. The Morgan fingerprint density at radius 3 is 2.25 bits per heavy atom. The standard InChI is InChI=1S/C15H21NO4/c1-9(2)16(11(4)17)14(15(18)19)12-6-7-13(20-5)10(3)8-12/h6-9,14H,1-5H3,(H,18,19). The molecular weight excluding hydrogens is 258 g/mol. The highest BCUT2D eigenvalue weighted by molar-refractivity contribution is 5.83. The van der Waals surface area contributed by atoms with Crippen LogP contribution in [0.1, 0.15) is 37.9 Å². The second-order valence-electron chi connectivity index (χ2n) is 4.99. The van der Waals surface area contributed by atoms with Gasteiger partial charge in [-0.25, -0.2) is 4.79 Å². The number of aliphatic carboxylic acids is 1. The maximum Gasteiger partial charge on any atom is 0.331 e. The van der Waals surface area contributed by atoms with Crippen LogP contribution in [0.25, 0.3) is 0 Å². The molecule has 0 aliphatic heterocycles. The minimum atomic E-state index is -1.04. The lowest BCUT2D eigenvalue weighted by molar-refractivity contribution is -0.151. The van der Waals surface area contributed by atoms with Gasteiger partial charge in [0.25, 0.3) is 0 Å². The number of aryl methyl sites for hydroxylation is 1. The highest BCUT2D eigenvalue weighted by atomic mass is 16.5. The van der Waals surface area contributed by atoms with Crippen molar-refractivity contribution in [3.05, 3.63) is 29.3 Å². The van der Waals surface area contributed by atoms with Crippen LogP contribution < -0.4 is 4.74 Å². The Hall–Kier alpha value is -2.04. The molecule has 0 aliphatic rings. The largest absolute Gasteiger partial charge is 0.496 e. The third kappa shape index (κ3) is 3.29. The first-order chi connectivity index (χ1) is 9.29. The molecule has 0 spiro atoms. The summed E-state index contributed by atoms with van der Waals surface area (Å²) < 4.78 is 5.17. The van der Waals surface area contributed by atoms with Crippen LogP contribution in [0.5, 0.6) is 5.75 Å². The van der Waals surface area contributed by atoms with Gasteiger partial charge in [0.1, 0.15) is 5.75 Å². The van der Waals surface area contributed by atoms with Crippen molar-refractivity contribution < 1.29 is 19.4 Å². The number of carbonyl (C=O) groups excluding carboxylic acids is 1. The molecule has 0 aliphatic carbocycles. The molecule has 0 saturated carbocycles. The predicted molar refractivity (Wildman–Crippen MR) is 75.8 cm³/mol. The topological polar surface area (TPSA) is 66.8 Å². The molecule has 1 amide bonds. The minimum absolute atomic E-state index is 0.198. The Morgan fingerprint density at radius 2 is 1.90 bits per heavy atom. The van der Waals surface area contributed by atoms with Crippen molar-refractivity contribution in [2.24, 2.45) is 0 Å². The molecular formula is C15H21NO4. The fourth-order valence-electron chi connectivity index (χ4n) is 2.34. The zero-order valence-electron chi connectivity index (χ0n) is 12.5. The van der Waals surface area contributed by atoms with Gasteiger partial charge in [0.2, 0.25) is 5.91 Å². The lowest BCUT2D eigenvalue weighted by Gasteiger charge is -2.32. The van der Waals surface area contributed by atoms with E-state index in [0.717, 1.165) is 5.56 Å². The van der Waals surface area contributed by atoms with Crippen LogP contribution in [0.2, 0.25) is 0 Å². The summed E-state index contributed by atoms with van der Waals surface area (Å²) in [6, 6.07) is 3.96. The number of methoxy groups -OCH3 is 1. The molecule has 1 unspecified atom stereocenters. The van der Waals surface area contributed by atoms with E-state index < -0.39 is 12.0 Å². The molecule has 0 heterocycles. The number of hydrogen-bond acceptors (Lipinski definition) is 3. The van der Waals surface area contributed by atoms with Crippen LogP contribution in [-0.2, 0) is 9.59 Å². The first-order valence-electron chi connectivity index (χ1n) is 6.45. The number of carbonyl (C=O) groups is 2. The Kier molecular flexibility index (Phi) is 5.13. The zero-order valence-corrected chi connectivity index (χ0v) is 12.5. The van der Waals surface area contributed by atoms with E-state index in [-0.39, 0.29) is 11.9 Å². The van der Waals surface area contributed by atoms with E-state index in [4.69, 9.17) is 4.74 Å². The first-order valence-corrected chi connectivity index (χ1v) is 6.45. The number of benzene rings is 1. The van der Waals surface area contributed by atoms with E-state index in [1.165, 1.54) is 11.8 Å². The van der Waals surface area contributed by atoms with Crippen LogP contribution >= 0.6 is 0 Å². The minimum Gasteiger partial charge on any atom is -0.496 e. The quantitative estimate of drug-likeness (QED) is 0.898. The normalized spacial score (nSPS) is 12.1. The SMILES string of the molecule is COc1ccc(C(C(=O)O)N(C(C)=O)C(C)C)cc1C. The molecule has 0 aromatic heterocycles. The van der Waals surface area contributed by atoms with Crippen LogP contribution in [0.4, 0.5) is 0 Å². The van der Waals surface area contributed by atoms with Gasteiger partial charge in [-0.1, -0.05) is 6.07 Å². The Balaban J connectivity index is 3.30. The van der Waals surface area contributed by atoms with Gasteiger partial charge in [-0.3, -0.25) is 4.79 Å². The maximum absolute atomic E-state index is 11.8. The maximum atomic E-state index is 11.8. The van der Waals surface area contributed by atoms with Crippen LogP contribution in [0.3, 0.4) is 0 Å². The van der Waals surface area contributed by atoms with Crippen molar-refractivity contribution in [3.63, 3.8) is 0 Å². The second kappa shape index (κ2) is 6.41. The van der Waals surface area contributed by atoms with Crippen molar-refractivity contribution >= 4 is 11.9 Å². The summed E-state index contributed by atoms with van der Waals surface area (Å²) in [5, 5.41) is 9.49. The van der Waals surface area contributed by atoms with Gasteiger partial charge in [-0.15, -0.1) is 0 Å². The average molecular weight is 279 g/mol. The molecule has 5 nitrogen and oxygen atoms in total. The molecule has 110 valence electrons.